The number of amides is 1. The van der Waals surface area contributed by atoms with Gasteiger partial charge in [-0.3, -0.25) is 4.79 Å². The zero-order valence-corrected chi connectivity index (χ0v) is 11.8. The van der Waals surface area contributed by atoms with Crippen LogP contribution in [0.4, 0.5) is 0 Å². The van der Waals surface area contributed by atoms with Crippen molar-refractivity contribution in [2.75, 3.05) is 7.11 Å². The number of ether oxygens (including phenoxy) is 1. The van der Waals surface area contributed by atoms with Gasteiger partial charge in [0.15, 0.2) is 0 Å². The van der Waals surface area contributed by atoms with E-state index >= 15 is 0 Å². The second-order valence-electron chi connectivity index (χ2n) is 4.60. The first-order chi connectivity index (χ1) is 9.08. The molecule has 1 fully saturated rings. The van der Waals surface area contributed by atoms with Gasteiger partial charge in [-0.2, -0.15) is 0 Å². The lowest BCUT2D eigenvalue weighted by atomic mass is 9.76. The molecule has 0 saturated heterocycles. The molecule has 1 saturated carbocycles. The predicted molar refractivity (Wildman–Crippen MR) is 73.9 cm³/mol. The van der Waals surface area contributed by atoms with Gasteiger partial charge in [0, 0.05) is 17.1 Å². The minimum atomic E-state index is -0.874. The van der Waals surface area contributed by atoms with E-state index in [-0.39, 0.29) is 17.1 Å². The van der Waals surface area contributed by atoms with Crippen molar-refractivity contribution in [1.29, 1.82) is 0 Å². The molecule has 1 aliphatic carbocycles. The first-order valence-corrected chi connectivity index (χ1v) is 7.05. The van der Waals surface area contributed by atoms with Gasteiger partial charge < -0.3 is 10.1 Å². The van der Waals surface area contributed by atoms with Gasteiger partial charge in [-0.15, -0.1) is 11.8 Å². The van der Waals surface area contributed by atoms with E-state index in [4.69, 9.17) is 4.74 Å². The van der Waals surface area contributed by atoms with Crippen molar-refractivity contribution in [3.05, 3.63) is 30.3 Å². The Morgan fingerprint density at radius 1 is 1.37 bits per heavy atom. The fourth-order valence-corrected chi connectivity index (χ4v) is 3.65. The van der Waals surface area contributed by atoms with Gasteiger partial charge in [-0.05, 0) is 25.0 Å². The molecule has 2 rings (SSSR count). The van der Waals surface area contributed by atoms with E-state index in [2.05, 4.69) is 5.32 Å². The van der Waals surface area contributed by atoms with Crippen LogP contribution in [-0.4, -0.2) is 29.8 Å². The molecule has 0 unspecified atom stereocenters. The molecule has 0 aliphatic heterocycles. The Balaban J connectivity index is 2.16. The molecule has 4 nitrogen and oxygen atoms in total. The number of carbonyl (C=O) groups excluding carboxylic acids is 2. The summed E-state index contributed by atoms with van der Waals surface area (Å²) in [5.41, 5.74) is -0.874. The van der Waals surface area contributed by atoms with Gasteiger partial charge in [-0.1, -0.05) is 18.2 Å². The Hall–Kier alpha value is -1.49. The molecule has 0 aromatic heterocycles. The second-order valence-corrected chi connectivity index (χ2v) is 5.88. The van der Waals surface area contributed by atoms with Crippen LogP contribution in [0.5, 0.6) is 0 Å². The predicted octanol–water partition coefficient (Wildman–Crippen LogP) is 1.99. The molecule has 0 radical (unpaired) electrons. The van der Waals surface area contributed by atoms with Gasteiger partial charge in [0.2, 0.25) is 5.91 Å². The Kier molecular flexibility index (Phi) is 4.14. The fourth-order valence-electron chi connectivity index (χ4n) is 2.30. The lowest BCUT2D eigenvalue weighted by molar-refractivity contribution is -0.154. The molecule has 1 aromatic carbocycles. The second kappa shape index (κ2) is 5.65. The highest BCUT2D eigenvalue weighted by atomic mass is 32.2. The van der Waals surface area contributed by atoms with Crippen molar-refractivity contribution in [3.8, 4) is 0 Å². The molecule has 1 amide bonds. The third-order valence-corrected chi connectivity index (χ3v) is 4.79. The molecule has 102 valence electrons. The van der Waals surface area contributed by atoms with E-state index < -0.39 is 5.54 Å². The number of methoxy groups -OCH3 is 1. The van der Waals surface area contributed by atoms with Crippen molar-refractivity contribution in [2.45, 2.75) is 35.4 Å². The summed E-state index contributed by atoms with van der Waals surface area (Å²) in [6, 6.07) is 9.86. The third-order valence-electron chi connectivity index (χ3n) is 3.32. The van der Waals surface area contributed by atoms with Crippen LogP contribution in [0.15, 0.2) is 35.2 Å². The van der Waals surface area contributed by atoms with Crippen LogP contribution in [0.2, 0.25) is 0 Å². The lowest BCUT2D eigenvalue weighted by Crippen LogP contribution is -2.66. The summed E-state index contributed by atoms with van der Waals surface area (Å²) >= 11 is 1.61. The maximum atomic E-state index is 12.0. The van der Waals surface area contributed by atoms with Gasteiger partial charge in [0.1, 0.15) is 5.54 Å². The van der Waals surface area contributed by atoms with Crippen LogP contribution in [0.25, 0.3) is 0 Å². The molecular formula is C14H17NO3S. The number of rotatable bonds is 4. The van der Waals surface area contributed by atoms with Crippen LogP contribution in [0, 0.1) is 0 Å². The first-order valence-electron chi connectivity index (χ1n) is 6.17. The van der Waals surface area contributed by atoms with Gasteiger partial charge in [0.25, 0.3) is 0 Å². The average molecular weight is 279 g/mol. The Morgan fingerprint density at radius 2 is 2.05 bits per heavy atom. The number of benzene rings is 1. The minimum absolute atomic E-state index is 0.0197. The maximum Gasteiger partial charge on any atom is 0.332 e. The molecule has 0 heterocycles. The molecule has 0 bridgehead atoms. The van der Waals surface area contributed by atoms with E-state index in [1.807, 2.05) is 30.3 Å². The highest BCUT2D eigenvalue weighted by Gasteiger charge is 2.55. The molecule has 19 heavy (non-hydrogen) atoms. The van der Waals surface area contributed by atoms with Crippen LogP contribution in [0.3, 0.4) is 0 Å². The Bertz CT molecular complexity index is 477. The summed E-state index contributed by atoms with van der Waals surface area (Å²) in [6.07, 6.45) is 1.51. The summed E-state index contributed by atoms with van der Waals surface area (Å²) in [5.74, 6) is -0.564. The quantitative estimate of drug-likeness (QED) is 0.856. The van der Waals surface area contributed by atoms with E-state index in [1.165, 1.54) is 14.0 Å². The molecule has 0 spiro atoms. The average Bonchev–Trinajstić information content (AvgIpc) is 2.41. The standard InChI is InChI=1S/C14H17NO3S/c1-10(16)15-14(13(17)18-2)9-8-12(14)19-11-6-4-3-5-7-11/h3-7,12H,8-9H2,1-2H3,(H,15,16)/t12-,14+/m1/s1. The topological polar surface area (TPSA) is 55.4 Å². The third kappa shape index (κ3) is 2.76. The van der Waals surface area contributed by atoms with E-state index in [9.17, 15) is 9.59 Å². The van der Waals surface area contributed by atoms with Gasteiger partial charge in [0.05, 0.1) is 7.11 Å². The van der Waals surface area contributed by atoms with Gasteiger partial charge in [-0.25, -0.2) is 4.79 Å². The molecule has 2 atom stereocenters. The molecule has 1 N–H and O–H groups in total. The minimum Gasteiger partial charge on any atom is -0.467 e. The number of thioether (sulfide) groups is 1. The molecule has 1 aliphatic rings. The number of hydrogen-bond acceptors (Lipinski definition) is 4. The summed E-state index contributed by atoms with van der Waals surface area (Å²) in [6.45, 7) is 1.42. The number of esters is 1. The van der Waals surface area contributed by atoms with Crippen molar-refractivity contribution in [3.63, 3.8) is 0 Å². The molecule has 5 heteroatoms. The van der Waals surface area contributed by atoms with Crippen LogP contribution >= 0.6 is 11.8 Å². The van der Waals surface area contributed by atoms with E-state index in [0.717, 1.165) is 11.3 Å². The normalized spacial score (nSPS) is 25.3. The SMILES string of the molecule is COC(=O)[C@]1(NC(C)=O)CC[C@H]1Sc1ccccc1. The van der Waals surface area contributed by atoms with Crippen molar-refractivity contribution >= 4 is 23.6 Å². The maximum absolute atomic E-state index is 12.0. The summed E-state index contributed by atoms with van der Waals surface area (Å²) in [7, 11) is 1.36. The lowest BCUT2D eigenvalue weighted by Gasteiger charge is -2.46. The van der Waals surface area contributed by atoms with Crippen LogP contribution in [-0.2, 0) is 14.3 Å². The van der Waals surface area contributed by atoms with Crippen LogP contribution < -0.4 is 5.32 Å². The number of carbonyl (C=O) groups is 2. The summed E-state index contributed by atoms with van der Waals surface area (Å²) < 4.78 is 4.86. The fraction of sp³-hybridized carbons (Fsp3) is 0.429. The van der Waals surface area contributed by atoms with Crippen LogP contribution in [0.1, 0.15) is 19.8 Å². The molecular weight excluding hydrogens is 262 g/mol. The highest BCUT2D eigenvalue weighted by molar-refractivity contribution is 8.00. The monoisotopic (exact) mass is 279 g/mol. The van der Waals surface area contributed by atoms with Crippen molar-refractivity contribution < 1.29 is 14.3 Å². The van der Waals surface area contributed by atoms with E-state index in [1.54, 1.807) is 11.8 Å². The summed E-state index contributed by atoms with van der Waals surface area (Å²) in [5, 5.41) is 2.80. The smallest absolute Gasteiger partial charge is 0.332 e. The molecule has 1 aromatic rings. The van der Waals surface area contributed by atoms with Gasteiger partial charge >= 0.3 is 5.97 Å². The largest absolute Gasteiger partial charge is 0.467 e. The van der Waals surface area contributed by atoms with Crippen molar-refractivity contribution in [2.24, 2.45) is 0 Å². The summed E-state index contributed by atoms with van der Waals surface area (Å²) in [4.78, 5) is 24.4. The zero-order chi connectivity index (χ0) is 13.9. The number of nitrogens with one attached hydrogen (secondary N) is 1. The Morgan fingerprint density at radius 3 is 2.53 bits per heavy atom. The first kappa shape index (κ1) is 13.9. The zero-order valence-electron chi connectivity index (χ0n) is 11.0. The Labute approximate surface area is 116 Å². The van der Waals surface area contributed by atoms with E-state index in [0.29, 0.717) is 6.42 Å². The van der Waals surface area contributed by atoms with Crippen molar-refractivity contribution in [1.82, 2.24) is 5.32 Å². The highest BCUT2D eigenvalue weighted by Crippen LogP contribution is 2.45. The number of hydrogen-bond donors (Lipinski definition) is 1.